The summed E-state index contributed by atoms with van der Waals surface area (Å²) in [5.41, 5.74) is 0.469. The Hall–Kier alpha value is -2.40. The standard InChI is InChI=1S/C22H31N3O7/c26-13-20-17(24-22(28)15-1-4-18-19(11-15)31-14-30-18)3-2-16(32-20)5-6-23-21(27)12-25-7-9-29-10-8-25/h1,4,11,16-17,20,26H,2-3,5-10,12-14H2,(H,23,27)(H,24,28)/t16-,17+,20-/m0/s1. The molecule has 3 N–H and O–H groups in total. The van der Waals surface area contributed by atoms with Crippen molar-refractivity contribution in [3.63, 3.8) is 0 Å². The van der Waals surface area contributed by atoms with Gasteiger partial charge in [-0.25, -0.2) is 0 Å². The number of aliphatic hydroxyl groups excluding tert-OH is 1. The molecule has 2 saturated heterocycles. The monoisotopic (exact) mass is 449 g/mol. The average Bonchev–Trinajstić information content (AvgIpc) is 3.28. The first-order valence-electron chi connectivity index (χ1n) is 11.2. The highest BCUT2D eigenvalue weighted by Gasteiger charge is 2.32. The van der Waals surface area contributed by atoms with Crippen LogP contribution in [0, 0.1) is 0 Å². The molecule has 10 heteroatoms. The molecule has 0 bridgehead atoms. The normalized spacial score (nSPS) is 25.3. The van der Waals surface area contributed by atoms with Crippen molar-refractivity contribution in [3.05, 3.63) is 23.8 Å². The van der Waals surface area contributed by atoms with Crippen LogP contribution >= 0.6 is 0 Å². The van der Waals surface area contributed by atoms with E-state index in [2.05, 4.69) is 15.5 Å². The average molecular weight is 450 g/mol. The summed E-state index contributed by atoms with van der Waals surface area (Å²) in [5.74, 6) is 0.919. The van der Waals surface area contributed by atoms with Crippen molar-refractivity contribution in [2.24, 2.45) is 0 Å². The van der Waals surface area contributed by atoms with Crippen LogP contribution in [0.15, 0.2) is 18.2 Å². The molecule has 4 rings (SSSR count). The van der Waals surface area contributed by atoms with Crippen LogP contribution in [0.25, 0.3) is 0 Å². The summed E-state index contributed by atoms with van der Waals surface area (Å²) in [7, 11) is 0. The SMILES string of the molecule is O=C(CN1CCOCC1)NCC[C@@H]1CC[C@@H](NC(=O)c2ccc3c(c2)OCO3)[C@H](CO)O1. The molecule has 0 radical (unpaired) electrons. The Kier molecular flexibility index (Phi) is 7.80. The van der Waals surface area contributed by atoms with Gasteiger partial charge in [0.1, 0.15) is 6.10 Å². The zero-order valence-corrected chi connectivity index (χ0v) is 18.1. The van der Waals surface area contributed by atoms with Gasteiger partial charge < -0.3 is 34.7 Å². The van der Waals surface area contributed by atoms with Crippen molar-refractivity contribution in [3.8, 4) is 11.5 Å². The van der Waals surface area contributed by atoms with Crippen LogP contribution in [0.5, 0.6) is 11.5 Å². The Morgan fingerprint density at radius 1 is 1.12 bits per heavy atom. The van der Waals surface area contributed by atoms with E-state index in [1.807, 2.05) is 0 Å². The molecule has 0 spiro atoms. The molecular formula is C22H31N3O7. The van der Waals surface area contributed by atoms with Crippen LogP contribution in [0.2, 0.25) is 0 Å². The van der Waals surface area contributed by atoms with E-state index in [1.54, 1.807) is 18.2 Å². The number of aliphatic hydroxyl groups is 1. The first-order chi connectivity index (χ1) is 15.6. The maximum Gasteiger partial charge on any atom is 0.251 e. The Morgan fingerprint density at radius 2 is 1.94 bits per heavy atom. The molecule has 0 aliphatic carbocycles. The quantitative estimate of drug-likeness (QED) is 0.503. The van der Waals surface area contributed by atoms with Crippen molar-refractivity contribution in [2.45, 2.75) is 37.5 Å². The van der Waals surface area contributed by atoms with Gasteiger partial charge in [0.15, 0.2) is 11.5 Å². The minimum Gasteiger partial charge on any atom is -0.454 e. The van der Waals surface area contributed by atoms with E-state index >= 15 is 0 Å². The van der Waals surface area contributed by atoms with Gasteiger partial charge in [-0.1, -0.05) is 0 Å². The second-order valence-electron chi connectivity index (χ2n) is 8.23. The van der Waals surface area contributed by atoms with E-state index in [0.29, 0.717) is 56.2 Å². The van der Waals surface area contributed by atoms with Crippen molar-refractivity contribution < 1.29 is 33.6 Å². The van der Waals surface area contributed by atoms with Gasteiger partial charge in [0.25, 0.3) is 5.91 Å². The first kappa shape index (κ1) is 22.8. The highest BCUT2D eigenvalue weighted by Crippen LogP contribution is 2.32. The summed E-state index contributed by atoms with van der Waals surface area (Å²) in [6.07, 6.45) is 1.52. The van der Waals surface area contributed by atoms with Gasteiger partial charge >= 0.3 is 0 Å². The van der Waals surface area contributed by atoms with Crippen LogP contribution in [0.4, 0.5) is 0 Å². The number of nitrogens with one attached hydrogen (secondary N) is 2. The largest absolute Gasteiger partial charge is 0.454 e. The van der Waals surface area contributed by atoms with Crippen LogP contribution < -0.4 is 20.1 Å². The summed E-state index contributed by atoms with van der Waals surface area (Å²) < 4.78 is 21.9. The number of nitrogens with zero attached hydrogens (tertiary/aromatic N) is 1. The molecule has 3 atom stereocenters. The minimum absolute atomic E-state index is 0.00437. The summed E-state index contributed by atoms with van der Waals surface area (Å²) in [5, 5.41) is 15.7. The molecule has 3 heterocycles. The van der Waals surface area contributed by atoms with Gasteiger partial charge in [-0.15, -0.1) is 0 Å². The van der Waals surface area contributed by atoms with Crippen LogP contribution in [0.1, 0.15) is 29.6 Å². The molecule has 0 saturated carbocycles. The Morgan fingerprint density at radius 3 is 2.75 bits per heavy atom. The topological polar surface area (TPSA) is 119 Å². The third-order valence-electron chi connectivity index (χ3n) is 6.01. The van der Waals surface area contributed by atoms with Crippen LogP contribution in [0.3, 0.4) is 0 Å². The first-order valence-corrected chi connectivity index (χ1v) is 11.2. The van der Waals surface area contributed by atoms with Gasteiger partial charge in [0, 0.05) is 25.2 Å². The number of amides is 2. The zero-order chi connectivity index (χ0) is 22.3. The maximum absolute atomic E-state index is 12.7. The summed E-state index contributed by atoms with van der Waals surface area (Å²) in [6.45, 7) is 3.73. The molecule has 3 aliphatic heterocycles. The lowest BCUT2D eigenvalue weighted by Gasteiger charge is -2.36. The molecule has 0 aromatic heterocycles. The number of carbonyl (C=O) groups excluding carboxylic acids is 2. The highest BCUT2D eigenvalue weighted by atomic mass is 16.7. The van der Waals surface area contributed by atoms with Crippen molar-refractivity contribution in [1.82, 2.24) is 15.5 Å². The molecule has 1 aromatic rings. The van der Waals surface area contributed by atoms with Crippen LogP contribution in [-0.4, -0.2) is 92.9 Å². The molecular weight excluding hydrogens is 418 g/mol. The van der Waals surface area contributed by atoms with E-state index in [9.17, 15) is 14.7 Å². The minimum atomic E-state index is -0.490. The second kappa shape index (κ2) is 11.0. The van der Waals surface area contributed by atoms with E-state index in [-0.39, 0.29) is 37.4 Å². The summed E-state index contributed by atoms with van der Waals surface area (Å²) >= 11 is 0. The van der Waals surface area contributed by atoms with E-state index in [1.165, 1.54) is 0 Å². The Labute approximate surface area is 187 Å². The third kappa shape index (κ3) is 5.89. The summed E-state index contributed by atoms with van der Waals surface area (Å²) in [6, 6.07) is 4.76. The molecule has 0 unspecified atom stereocenters. The van der Waals surface area contributed by atoms with Crippen molar-refractivity contribution >= 4 is 11.8 Å². The fourth-order valence-corrected chi connectivity index (χ4v) is 4.19. The fraction of sp³-hybridized carbons (Fsp3) is 0.636. The molecule has 1 aromatic carbocycles. The van der Waals surface area contributed by atoms with Crippen molar-refractivity contribution in [2.75, 3.05) is 52.8 Å². The number of hydrogen-bond acceptors (Lipinski definition) is 8. The van der Waals surface area contributed by atoms with Gasteiger partial charge in [0.2, 0.25) is 12.7 Å². The fourth-order valence-electron chi connectivity index (χ4n) is 4.19. The number of rotatable bonds is 8. The molecule has 176 valence electrons. The van der Waals surface area contributed by atoms with Gasteiger partial charge in [0.05, 0.1) is 38.5 Å². The van der Waals surface area contributed by atoms with Gasteiger partial charge in [-0.2, -0.15) is 0 Å². The predicted octanol–water partition coefficient (Wildman–Crippen LogP) is -0.108. The highest BCUT2D eigenvalue weighted by molar-refractivity contribution is 5.95. The molecule has 2 amide bonds. The Balaban J connectivity index is 1.19. The van der Waals surface area contributed by atoms with Crippen LogP contribution in [-0.2, 0) is 14.3 Å². The molecule has 2 fully saturated rings. The molecule has 3 aliphatic rings. The lowest BCUT2D eigenvalue weighted by Crippen LogP contribution is -2.51. The lowest BCUT2D eigenvalue weighted by atomic mass is 9.96. The molecule has 10 nitrogen and oxygen atoms in total. The second-order valence-corrected chi connectivity index (χ2v) is 8.23. The van der Waals surface area contributed by atoms with E-state index in [4.69, 9.17) is 18.9 Å². The molecule has 32 heavy (non-hydrogen) atoms. The predicted molar refractivity (Wildman–Crippen MR) is 114 cm³/mol. The lowest BCUT2D eigenvalue weighted by molar-refractivity contribution is -0.123. The maximum atomic E-state index is 12.7. The van der Waals surface area contributed by atoms with E-state index < -0.39 is 6.10 Å². The Bertz CT molecular complexity index is 800. The number of fused-ring (bicyclic) bond motifs is 1. The van der Waals surface area contributed by atoms with Gasteiger partial charge in [-0.05, 0) is 37.5 Å². The number of hydrogen-bond donors (Lipinski definition) is 3. The van der Waals surface area contributed by atoms with Crippen molar-refractivity contribution in [1.29, 1.82) is 0 Å². The number of benzene rings is 1. The smallest absolute Gasteiger partial charge is 0.251 e. The van der Waals surface area contributed by atoms with Gasteiger partial charge in [-0.3, -0.25) is 14.5 Å². The number of morpholine rings is 1. The number of ether oxygens (including phenoxy) is 4. The summed E-state index contributed by atoms with van der Waals surface area (Å²) in [4.78, 5) is 26.9. The number of carbonyl (C=O) groups is 2. The van der Waals surface area contributed by atoms with E-state index in [0.717, 1.165) is 19.5 Å². The third-order valence-corrected chi connectivity index (χ3v) is 6.01. The zero-order valence-electron chi connectivity index (χ0n) is 18.1.